The third kappa shape index (κ3) is 4.59. The molecule has 1 aromatic heterocycles. The summed E-state index contributed by atoms with van der Waals surface area (Å²) < 4.78 is 34.5. The van der Waals surface area contributed by atoms with Crippen LogP contribution in [0.25, 0.3) is 0 Å². The maximum Gasteiger partial charge on any atom is 0.387 e. The Labute approximate surface area is 160 Å². The molecule has 1 atom stereocenters. The molecule has 150 valence electrons. The number of hydrazine groups is 1. The smallest absolute Gasteiger partial charge is 0.387 e. The Kier molecular flexibility index (Phi) is 5.81. The molecule has 3 N–H and O–H groups in total. The number of amides is 3. The third-order valence-corrected chi connectivity index (χ3v) is 4.53. The highest BCUT2D eigenvalue weighted by molar-refractivity contribution is 5.96. The first-order valence-corrected chi connectivity index (χ1v) is 8.85. The summed E-state index contributed by atoms with van der Waals surface area (Å²) in [6.45, 7) is 0.502. The number of ether oxygens (including phenoxy) is 1. The minimum Gasteiger partial charge on any atom is -0.466 e. The van der Waals surface area contributed by atoms with E-state index in [1.807, 2.05) is 0 Å². The van der Waals surface area contributed by atoms with Crippen LogP contribution in [-0.2, 0) is 6.42 Å². The van der Waals surface area contributed by atoms with Crippen molar-refractivity contribution in [3.05, 3.63) is 52.5 Å². The van der Waals surface area contributed by atoms with E-state index in [4.69, 9.17) is 4.42 Å². The number of hydrogen-bond acceptors (Lipinski definition) is 4. The second-order valence-corrected chi connectivity index (χ2v) is 6.56. The second-order valence-electron chi connectivity index (χ2n) is 6.56. The van der Waals surface area contributed by atoms with Crippen LogP contribution in [0.1, 0.15) is 51.9 Å². The lowest BCUT2D eigenvalue weighted by Crippen LogP contribution is -2.48. The Balaban J connectivity index is 1.59. The van der Waals surface area contributed by atoms with E-state index >= 15 is 0 Å². The average molecular weight is 393 g/mol. The van der Waals surface area contributed by atoms with Gasteiger partial charge in [0.2, 0.25) is 0 Å². The molecule has 0 saturated heterocycles. The van der Waals surface area contributed by atoms with Gasteiger partial charge in [-0.1, -0.05) is 6.07 Å². The predicted molar refractivity (Wildman–Crippen MR) is 96.1 cm³/mol. The number of carbonyl (C=O) groups is 2. The van der Waals surface area contributed by atoms with Gasteiger partial charge in [0.1, 0.15) is 17.3 Å². The number of aryl methyl sites for hydroxylation is 3. The molecule has 0 spiro atoms. The SMILES string of the molecule is Cc1cc(C(=O)NNC(=O)NC2CCCc3cc(OC(F)F)ccc32)c(C)o1. The summed E-state index contributed by atoms with van der Waals surface area (Å²) in [4.78, 5) is 24.3. The minimum absolute atomic E-state index is 0.0943. The molecule has 1 aliphatic rings. The predicted octanol–water partition coefficient (Wildman–Crippen LogP) is 3.52. The third-order valence-electron chi connectivity index (χ3n) is 4.53. The molecule has 0 bridgehead atoms. The van der Waals surface area contributed by atoms with E-state index < -0.39 is 18.5 Å². The minimum atomic E-state index is -2.88. The molecule has 1 aromatic carbocycles. The zero-order valence-electron chi connectivity index (χ0n) is 15.5. The van der Waals surface area contributed by atoms with Crippen LogP contribution in [0.3, 0.4) is 0 Å². The number of benzene rings is 1. The van der Waals surface area contributed by atoms with Crippen LogP contribution in [0.15, 0.2) is 28.7 Å². The highest BCUT2D eigenvalue weighted by atomic mass is 19.3. The Morgan fingerprint density at radius 2 is 2.00 bits per heavy atom. The lowest BCUT2D eigenvalue weighted by molar-refractivity contribution is -0.0499. The number of carbonyl (C=O) groups excluding carboxylic acids is 2. The number of rotatable bonds is 4. The monoisotopic (exact) mass is 393 g/mol. The van der Waals surface area contributed by atoms with Crippen molar-refractivity contribution >= 4 is 11.9 Å². The van der Waals surface area contributed by atoms with Crippen LogP contribution in [0.5, 0.6) is 5.75 Å². The molecule has 0 radical (unpaired) electrons. The van der Waals surface area contributed by atoms with Gasteiger partial charge in [-0.2, -0.15) is 8.78 Å². The quantitative estimate of drug-likeness (QED) is 0.693. The molecule has 3 rings (SSSR count). The molecule has 28 heavy (non-hydrogen) atoms. The summed E-state index contributed by atoms with van der Waals surface area (Å²) >= 11 is 0. The summed E-state index contributed by atoms with van der Waals surface area (Å²) in [5.41, 5.74) is 6.68. The molecule has 3 amide bonds. The summed E-state index contributed by atoms with van der Waals surface area (Å²) in [6.07, 6.45) is 2.20. The number of halogens is 2. The van der Waals surface area contributed by atoms with Crippen molar-refractivity contribution in [3.8, 4) is 5.75 Å². The summed E-state index contributed by atoms with van der Waals surface area (Å²) in [5, 5.41) is 2.78. The molecular formula is C19H21F2N3O4. The van der Waals surface area contributed by atoms with Gasteiger partial charge in [-0.05, 0) is 62.4 Å². The summed E-state index contributed by atoms with van der Waals surface area (Å²) in [7, 11) is 0. The molecule has 7 nitrogen and oxygen atoms in total. The van der Waals surface area contributed by atoms with Gasteiger partial charge in [-0.3, -0.25) is 10.2 Å². The van der Waals surface area contributed by atoms with Gasteiger partial charge >= 0.3 is 12.6 Å². The van der Waals surface area contributed by atoms with Crippen LogP contribution in [0.2, 0.25) is 0 Å². The highest BCUT2D eigenvalue weighted by Gasteiger charge is 2.23. The Morgan fingerprint density at radius 1 is 1.21 bits per heavy atom. The Morgan fingerprint density at radius 3 is 2.68 bits per heavy atom. The van der Waals surface area contributed by atoms with Gasteiger partial charge in [-0.15, -0.1) is 0 Å². The topological polar surface area (TPSA) is 92.6 Å². The Bertz CT molecular complexity index is 882. The number of urea groups is 1. The van der Waals surface area contributed by atoms with E-state index in [1.54, 1.807) is 32.0 Å². The normalized spacial score (nSPS) is 15.7. The van der Waals surface area contributed by atoms with Gasteiger partial charge < -0.3 is 14.5 Å². The highest BCUT2D eigenvalue weighted by Crippen LogP contribution is 2.32. The van der Waals surface area contributed by atoms with Crippen molar-refractivity contribution in [3.63, 3.8) is 0 Å². The fraction of sp³-hybridized carbons (Fsp3) is 0.368. The fourth-order valence-corrected chi connectivity index (χ4v) is 3.35. The molecule has 0 saturated carbocycles. The number of hydrogen-bond donors (Lipinski definition) is 3. The maximum absolute atomic E-state index is 12.4. The van der Waals surface area contributed by atoms with Crippen LogP contribution in [0.4, 0.5) is 13.6 Å². The first-order valence-electron chi connectivity index (χ1n) is 8.85. The molecular weight excluding hydrogens is 372 g/mol. The first-order chi connectivity index (χ1) is 13.3. The second kappa shape index (κ2) is 8.28. The van der Waals surface area contributed by atoms with E-state index in [2.05, 4.69) is 20.9 Å². The number of furan rings is 1. The fourth-order valence-electron chi connectivity index (χ4n) is 3.35. The van der Waals surface area contributed by atoms with Crippen LogP contribution in [0, 0.1) is 13.8 Å². The molecule has 0 fully saturated rings. The van der Waals surface area contributed by atoms with Gasteiger partial charge in [0.15, 0.2) is 0 Å². The van der Waals surface area contributed by atoms with Crippen molar-refractivity contribution in [2.24, 2.45) is 0 Å². The van der Waals surface area contributed by atoms with Gasteiger partial charge in [0.25, 0.3) is 5.91 Å². The average Bonchev–Trinajstić information content (AvgIpc) is 2.97. The molecule has 9 heteroatoms. The van der Waals surface area contributed by atoms with E-state index in [1.165, 1.54) is 6.07 Å². The van der Waals surface area contributed by atoms with Gasteiger partial charge in [0, 0.05) is 0 Å². The zero-order chi connectivity index (χ0) is 20.3. The standard InChI is InChI=1S/C19H21F2N3O4/c1-10-8-15(11(2)27-10)17(25)23-24-19(26)22-16-5-3-4-12-9-13(28-18(20)21)6-7-14(12)16/h6-9,16,18H,3-5H2,1-2H3,(H,23,25)(H2,22,24,26). The zero-order valence-corrected chi connectivity index (χ0v) is 15.5. The van der Waals surface area contributed by atoms with Crippen LogP contribution < -0.4 is 20.9 Å². The first kappa shape index (κ1) is 19.7. The number of alkyl halides is 2. The van der Waals surface area contributed by atoms with Crippen LogP contribution >= 0.6 is 0 Å². The molecule has 1 aliphatic carbocycles. The maximum atomic E-state index is 12.4. The van der Waals surface area contributed by atoms with E-state index in [0.717, 1.165) is 17.5 Å². The largest absolute Gasteiger partial charge is 0.466 e. The van der Waals surface area contributed by atoms with Crippen LogP contribution in [-0.4, -0.2) is 18.5 Å². The number of fused-ring (bicyclic) bond motifs is 1. The van der Waals surface area contributed by atoms with E-state index in [-0.39, 0.29) is 11.8 Å². The van der Waals surface area contributed by atoms with E-state index in [0.29, 0.717) is 29.9 Å². The molecule has 1 heterocycles. The lowest BCUT2D eigenvalue weighted by atomic mass is 9.87. The van der Waals surface area contributed by atoms with Crippen molar-refractivity contribution in [2.75, 3.05) is 0 Å². The molecule has 0 aliphatic heterocycles. The molecule has 1 unspecified atom stereocenters. The van der Waals surface area contributed by atoms with Crippen molar-refractivity contribution in [1.82, 2.24) is 16.2 Å². The summed E-state index contributed by atoms with van der Waals surface area (Å²) in [5.74, 6) is 0.667. The van der Waals surface area contributed by atoms with Crippen molar-refractivity contribution < 1.29 is 27.5 Å². The Hall–Kier alpha value is -3.10. The summed E-state index contributed by atoms with van der Waals surface area (Å²) in [6, 6.07) is 5.41. The van der Waals surface area contributed by atoms with Crippen molar-refractivity contribution in [2.45, 2.75) is 45.8 Å². The van der Waals surface area contributed by atoms with Crippen molar-refractivity contribution in [1.29, 1.82) is 0 Å². The van der Waals surface area contributed by atoms with E-state index in [9.17, 15) is 18.4 Å². The van der Waals surface area contributed by atoms with Gasteiger partial charge in [-0.25, -0.2) is 10.2 Å². The van der Waals surface area contributed by atoms with Gasteiger partial charge in [0.05, 0.1) is 11.6 Å². The number of nitrogens with one attached hydrogen (secondary N) is 3. The molecule has 2 aromatic rings. The lowest BCUT2D eigenvalue weighted by Gasteiger charge is -2.27.